The maximum absolute atomic E-state index is 10.7. The van der Waals surface area contributed by atoms with Gasteiger partial charge < -0.3 is 9.67 Å². The van der Waals surface area contributed by atoms with E-state index < -0.39 is 6.10 Å². The van der Waals surface area contributed by atoms with Crippen LogP contribution in [0.1, 0.15) is 11.7 Å². The van der Waals surface area contributed by atoms with Crippen molar-refractivity contribution in [1.29, 1.82) is 0 Å². The van der Waals surface area contributed by atoms with Crippen LogP contribution in [0.5, 0.6) is 0 Å². The lowest BCUT2D eigenvalue weighted by molar-refractivity contribution is 0.158. The second kappa shape index (κ2) is 6.36. The quantitative estimate of drug-likeness (QED) is 0.584. The molecule has 0 amide bonds. The van der Waals surface area contributed by atoms with E-state index in [0.29, 0.717) is 11.6 Å². The maximum Gasteiger partial charge on any atom is 0.160 e. The zero-order valence-electron chi connectivity index (χ0n) is 12.6. The third-order valence-corrected chi connectivity index (χ3v) is 4.76. The molecule has 0 aliphatic rings. The Labute approximate surface area is 148 Å². The molecule has 1 N–H and O–H groups in total. The smallest absolute Gasteiger partial charge is 0.160 e. The summed E-state index contributed by atoms with van der Waals surface area (Å²) in [5, 5.41) is 13.3. The van der Waals surface area contributed by atoms with Crippen molar-refractivity contribution >= 4 is 34.0 Å². The van der Waals surface area contributed by atoms with E-state index in [1.807, 2.05) is 46.3 Å². The van der Waals surface area contributed by atoms with Crippen molar-refractivity contribution < 1.29 is 5.11 Å². The molecule has 6 heteroatoms. The van der Waals surface area contributed by atoms with Crippen LogP contribution in [0.3, 0.4) is 0 Å². The molecular formula is C18H14ClN3OS. The van der Waals surface area contributed by atoms with Gasteiger partial charge in [-0.25, -0.2) is 9.97 Å². The summed E-state index contributed by atoms with van der Waals surface area (Å²) in [6.07, 6.45) is -0.655. The van der Waals surface area contributed by atoms with Crippen LogP contribution >= 0.6 is 22.9 Å². The molecule has 2 aromatic carbocycles. The summed E-state index contributed by atoms with van der Waals surface area (Å²) >= 11 is 7.45. The van der Waals surface area contributed by atoms with Crippen molar-refractivity contribution in [1.82, 2.24) is 14.5 Å². The molecule has 120 valence electrons. The molecule has 0 unspecified atom stereocenters. The molecule has 2 heterocycles. The maximum atomic E-state index is 10.7. The van der Waals surface area contributed by atoms with Gasteiger partial charge in [-0.15, -0.1) is 11.3 Å². The van der Waals surface area contributed by atoms with Crippen LogP contribution in [0, 0.1) is 0 Å². The molecule has 1 atom stereocenters. The summed E-state index contributed by atoms with van der Waals surface area (Å²) in [6.45, 7) is 0.398. The number of rotatable bonds is 4. The summed E-state index contributed by atoms with van der Waals surface area (Å²) in [5.41, 5.74) is 5.30. The number of imidazole rings is 1. The Balaban J connectivity index is 1.77. The Bertz CT molecular complexity index is 964. The molecule has 0 aliphatic carbocycles. The fraction of sp³-hybridized carbons (Fsp3) is 0.111. The van der Waals surface area contributed by atoms with Crippen molar-refractivity contribution in [3.8, 4) is 11.5 Å². The largest absolute Gasteiger partial charge is 0.387 e. The molecular weight excluding hydrogens is 342 g/mol. The molecule has 4 rings (SSSR count). The van der Waals surface area contributed by atoms with E-state index in [2.05, 4.69) is 4.98 Å². The minimum atomic E-state index is -0.655. The number of benzene rings is 2. The normalized spacial score (nSPS) is 12.6. The highest BCUT2D eigenvalue weighted by Gasteiger charge is 2.17. The van der Waals surface area contributed by atoms with E-state index in [0.717, 1.165) is 28.1 Å². The highest BCUT2D eigenvalue weighted by atomic mass is 35.5. The van der Waals surface area contributed by atoms with Crippen molar-refractivity contribution in [3.63, 3.8) is 0 Å². The van der Waals surface area contributed by atoms with Gasteiger partial charge in [0, 0.05) is 10.4 Å². The molecule has 0 saturated carbocycles. The standard InChI is InChI=1S/C18H14ClN3OS/c19-13-7-5-12(6-8-13)17(23)9-22-16-4-2-1-3-14(16)21-18(22)15-10-24-11-20-15/h1-8,10-11,17,23H,9H2/t17-/m1/s1. The number of hydrogen-bond donors (Lipinski definition) is 1. The lowest BCUT2D eigenvalue weighted by Gasteiger charge is -2.14. The molecule has 24 heavy (non-hydrogen) atoms. The van der Waals surface area contributed by atoms with Crippen molar-refractivity contribution in [2.24, 2.45) is 0 Å². The fourth-order valence-electron chi connectivity index (χ4n) is 2.74. The van der Waals surface area contributed by atoms with Gasteiger partial charge in [-0.1, -0.05) is 35.9 Å². The summed E-state index contributed by atoms with van der Waals surface area (Å²) in [6, 6.07) is 15.2. The average Bonchev–Trinajstić information content (AvgIpc) is 3.23. The number of thiazole rings is 1. The summed E-state index contributed by atoms with van der Waals surface area (Å²) in [4.78, 5) is 9.06. The number of nitrogens with zero attached hydrogens (tertiary/aromatic N) is 3. The third kappa shape index (κ3) is 2.82. The van der Waals surface area contributed by atoms with E-state index in [9.17, 15) is 5.11 Å². The molecule has 4 aromatic rings. The van der Waals surface area contributed by atoms with Gasteiger partial charge in [0.1, 0.15) is 5.69 Å². The van der Waals surface area contributed by atoms with Crippen LogP contribution in [0.2, 0.25) is 5.02 Å². The van der Waals surface area contributed by atoms with Crippen LogP contribution < -0.4 is 0 Å². The van der Waals surface area contributed by atoms with Crippen LogP contribution in [0.15, 0.2) is 59.4 Å². The number of halogens is 1. The van der Waals surface area contributed by atoms with Gasteiger partial charge in [-0.05, 0) is 29.8 Å². The molecule has 0 fully saturated rings. The van der Waals surface area contributed by atoms with E-state index >= 15 is 0 Å². The Hall–Kier alpha value is -2.21. The van der Waals surface area contributed by atoms with Gasteiger partial charge in [0.05, 0.1) is 29.2 Å². The molecule has 0 bridgehead atoms. The number of para-hydroxylation sites is 2. The molecule has 2 aromatic heterocycles. The van der Waals surface area contributed by atoms with E-state index in [1.54, 1.807) is 17.6 Å². The third-order valence-electron chi connectivity index (χ3n) is 3.93. The summed E-state index contributed by atoms with van der Waals surface area (Å²) in [5.74, 6) is 0.769. The predicted molar refractivity (Wildman–Crippen MR) is 97.3 cm³/mol. The Morgan fingerprint density at radius 1 is 1.12 bits per heavy atom. The van der Waals surface area contributed by atoms with Crippen LogP contribution in [-0.2, 0) is 6.54 Å². The van der Waals surface area contributed by atoms with Crippen molar-refractivity contribution in [3.05, 3.63) is 70.0 Å². The molecule has 0 spiro atoms. The number of hydrogen-bond acceptors (Lipinski definition) is 4. The van der Waals surface area contributed by atoms with Crippen molar-refractivity contribution in [2.45, 2.75) is 12.6 Å². The first-order chi connectivity index (χ1) is 11.7. The van der Waals surface area contributed by atoms with Gasteiger partial charge in [-0.3, -0.25) is 0 Å². The number of aliphatic hydroxyl groups is 1. The summed E-state index contributed by atoms with van der Waals surface area (Å²) < 4.78 is 2.02. The van der Waals surface area contributed by atoms with E-state index in [4.69, 9.17) is 16.6 Å². The van der Waals surface area contributed by atoms with Gasteiger partial charge in [-0.2, -0.15) is 0 Å². The highest BCUT2D eigenvalue weighted by molar-refractivity contribution is 7.07. The van der Waals surface area contributed by atoms with E-state index in [1.165, 1.54) is 11.3 Å². The first kappa shape index (κ1) is 15.3. The fourth-order valence-corrected chi connectivity index (χ4v) is 3.40. The number of fused-ring (bicyclic) bond motifs is 1. The van der Waals surface area contributed by atoms with E-state index in [-0.39, 0.29) is 0 Å². The minimum absolute atomic E-state index is 0.398. The second-order valence-electron chi connectivity index (χ2n) is 5.48. The predicted octanol–water partition coefficient (Wildman–Crippen LogP) is 4.55. The molecule has 0 radical (unpaired) electrons. The number of aliphatic hydroxyl groups excluding tert-OH is 1. The second-order valence-corrected chi connectivity index (χ2v) is 6.63. The SMILES string of the molecule is O[C@H](Cn1c(-c2cscn2)nc2ccccc21)c1ccc(Cl)cc1. The minimum Gasteiger partial charge on any atom is -0.387 e. The monoisotopic (exact) mass is 355 g/mol. The highest BCUT2D eigenvalue weighted by Crippen LogP contribution is 2.27. The molecule has 0 saturated heterocycles. The number of aromatic nitrogens is 3. The van der Waals surface area contributed by atoms with Gasteiger partial charge in [0.2, 0.25) is 0 Å². The van der Waals surface area contributed by atoms with Gasteiger partial charge in [0.15, 0.2) is 5.82 Å². The Morgan fingerprint density at radius 2 is 1.92 bits per heavy atom. The van der Waals surface area contributed by atoms with Crippen molar-refractivity contribution in [2.75, 3.05) is 0 Å². The first-order valence-corrected chi connectivity index (χ1v) is 8.82. The van der Waals surface area contributed by atoms with Crippen LogP contribution in [-0.4, -0.2) is 19.6 Å². The summed E-state index contributed by atoms with van der Waals surface area (Å²) in [7, 11) is 0. The topological polar surface area (TPSA) is 50.9 Å². The van der Waals surface area contributed by atoms with Crippen LogP contribution in [0.25, 0.3) is 22.6 Å². The molecule has 0 aliphatic heterocycles. The Kier molecular flexibility index (Phi) is 4.06. The lowest BCUT2D eigenvalue weighted by atomic mass is 10.1. The lowest BCUT2D eigenvalue weighted by Crippen LogP contribution is -2.10. The van der Waals surface area contributed by atoms with Gasteiger partial charge >= 0.3 is 0 Å². The first-order valence-electron chi connectivity index (χ1n) is 7.50. The van der Waals surface area contributed by atoms with Gasteiger partial charge in [0.25, 0.3) is 0 Å². The molecule has 4 nitrogen and oxygen atoms in total. The zero-order valence-corrected chi connectivity index (χ0v) is 14.2. The Morgan fingerprint density at radius 3 is 2.67 bits per heavy atom. The zero-order chi connectivity index (χ0) is 16.5. The van der Waals surface area contributed by atoms with Crippen LogP contribution in [0.4, 0.5) is 0 Å². The average molecular weight is 356 g/mol.